The molecule has 11 heteroatoms. The third-order valence-electron chi connectivity index (χ3n) is 5.58. The van der Waals surface area contributed by atoms with E-state index in [0.29, 0.717) is 39.1 Å². The quantitative estimate of drug-likeness (QED) is 0.431. The van der Waals surface area contributed by atoms with E-state index in [1.807, 2.05) is 12.1 Å². The van der Waals surface area contributed by atoms with Crippen molar-refractivity contribution >= 4 is 46.8 Å². The average molecular weight is 542 g/mol. The Hall–Kier alpha value is -3.89. The molecule has 1 heterocycles. The van der Waals surface area contributed by atoms with E-state index in [1.54, 1.807) is 48.5 Å². The highest BCUT2D eigenvalue weighted by molar-refractivity contribution is 8.00. The molecule has 4 rings (SSSR count). The number of hydrazine groups is 1. The maximum Gasteiger partial charge on any atom is 0.269 e. The third kappa shape index (κ3) is 5.76. The van der Waals surface area contributed by atoms with Crippen molar-refractivity contribution in [2.75, 3.05) is 32.4 Å². The summed E-state index contributed by atoms with van der Waals surface area (Å²) in [6, 6.07) is 16.5. The molecule has 1 fully saturated rings. The summed E-state index contributed by atoms with van der Waals surface area (Å²) < 4.78 is 15.9. The van der Waals surface area contributed by atoms with Gasteiger partial charge in [0.1, 0.15) is 5.37 Å². The Labute approximate surface area is 223 Å². The molecule has 0 saturated carbocycles. The molecule has 2 N–H and O–H groups in total. The van der Waals surface area contributed by atoms with Crippen molar-refractivity contribution in [1.82, 2.24) is 10.4 Å². The van der Waals surface area contributed by atoms with Crippen molar-refractivity contribution in [3.05, 3.63) is 82.4 Å². The van der Waals surface area contributed by atoms with E-state index >= 15 is 0 Å². The molecule has 0 aliphatic carbocycles. The minimum atomic E-state index is -0.447. The number of anilines is 1. The van der Waals surface area contributed by atoms with E-state index in [9.17, 15) is 14.4 Å². The summed E-state index contributed by atoms with van der Waals surface area (Å²) in [5.41, 5.74) is 4.65. The van der Waals surface area contributed by atoms with E-state index in [-0.39, 0.29) is 17.0 Å². The monoisotopic (exact) mass is 541 g/mol. The van der Waals surface area contributed by atoms with E-state index in [2.05, 4.69) is 10.7 Å². The number of carbonyl (C=O) groups excluding carboxylic acids is 3. The van der Waals surface area contributed by atoms with Crippen LogP contribution in [-0.4, -0.2) is 49.8 Å². The highest BCUT2D eigenvalue weighted by atomic mass is 35.5. The number of amides is 3. The first kappa shape index (κ1) is 26.2. The van der Waals surface area contributed by atoms with Gasteiger partial charge in [-0.2, -0.15) is 0 Å². The van der Waals surface area contributed by atoms with Crippen LogP contribution in [0.15, 0.2) is 60.7 Å². The SMILES string of the molecule is COc1cc(C(=O)Nc2ccc(C(=O)NN3C(=O)CSC3c3ccc(Cl)cc3)cc2)cc(OC)c1OC. The maximum atomic E-state index is 12.9. The molecule has 1 aliphatic heterocycles. The maximum absolute atomic E-state index is 12.9. The van der Waals surface area contributed by atoms with E-state index < -0.39 is 11.8 Å². The van der Waals surface area contributed by atoms with Crippen LogP contribution in [0.25, 0.3) is 0 Å². The first-order chi connectivity index (χ1) is 17.8. The molecule has 1 saturated heterocycles. The second kappa shape index (κ2) is 11.4. The van der Waals surface area contributed by atoms with E-state index in [0.717, 1.165) is 5.56 Å². The smallest absolute Gasteiger partial charge is 0.269 e. The largest absolute Gasteiger partial charge is 0.493 e. The number of halogens is 1. The molecule has 1 aliphatic rings. The molecular formula is C26H24ClN3O6S. The molecule has 9 nitrogen and oxygen atoms in total. The number of thioether (sulfide) groups is 1. The van der Waals surface area contributed by atoms with Gasteiger partial charge in [-0.05, 0) is 54.1 Å². The van der Waals surface area contributed by atoms with Crippen molar-refractivity contribution < 1.29 is 28.6 Å². The number of methoxy groups -OCH3 is 3. The standard InChI is InChI=1S/C26H24ClN3O6S/c1-34-20-12-17(13-21(35-2)23(20)36-3)24(32)28-19-10-6-15(7-11-19)25(33)29-30-22(31)14-37-26(30)16-4-8-18(27)9-5-16/h4-13,26H,14H2,1-3H3,(H,28,32)(H,29,33). The molecular weight excluding hydrogens is 518 g/mol. The highest BCUT2D eigenvalue weighted by Crippen LogP contribution is 2.39. The Morgan fingerprint density at radius 3 is 2.08 bits per heavy atom. The van der Waals surface area contributed by atoms with Gasteiger partial charge in [-0.1, -0.05) is 23.7 Å². The number of nitrogens with one attached hydrogen (secondary N) is 2. The number of ether oxygens (including phenoxy) is 3. The number of hydrogen-bond donors (Lipinski definition) is 2. The first-order valence-electron chi connectivity index (χ1n) is 11.1. The predicted octanol–water partition coefficient (Wildman–Crippen LogP) is 4.54. The summed E-state index contributed by atoms with van der Waals surface area (Å²) in [6.45, 7) is 0. The molecule has 3 amide bonds. The Kier molecular flexibility index (Phi) is 8.10. The molecule has 3 aromatic carbocycles. The van der Waals surface area contributed by atoms with Gasteiger partial charge in [0.25, 0.3) is 17.7 Å². The van der Waals surface area contributed by atoms with Crippen LogP contribution < -0.4 is 25.0 Å². The lowest BCUT2D eigenvalue weighted by molar-refractivity contribution is -0.130. The fourth-order valence-electron chi connectivity index (χ4n) is 3.71. The van der Waals surface area contributed by atoms with E-state index in [1.165, 1.54) is 38.1 Å². The topological polar surface area (TPSA) is 106 Å². The van der Waals surface area contributed by atoms with Crippen molar-refractivity contribution in [2.45, 2.75) is 5.37 Å². The second-order valence-corrected chi connectivity index (χ2v) is 9.37. The summed E-state index contributed by atoms with van der Waals surface area (Å²) in [6.07, 6.45) is 0. The van der Waals surface area contributed by atoms with Crippen LogP contribution in [0.1, 0.15) is 31.7 Å². The molecule has 1 atom stereocenters. The van der Waals surface area contributed by atoms with Crippen LogP contribution in [-0.2, 0) is 4.79 Å². The summed E-state index contributed by atoms with van der Waals surface area (Å²) in [7, 11) is 4.41. The van der Waals surface area contributed by atoms with Gasteiger partial charge in [-0.3, -0.25) is 19.8 Å². The van der Waals surface area contributed by atoms with Crippen molar-refractivity contribution in [3.63, 3.8) is 0 Å². The highest BCUT2D eigenvalue weighted by Gasteiger charge is 2.34. The van der Waals surface area contributed by atoms with Crippen LogP contribution in [0.2, 0.25) is 5.02 Å². The van der Waals surface area contributed by atoms with Gasteiger partial charge in [0.15, 0.2) is 11.5 Å². The van der Waals surface area contributed by atoms with Gasteiger partial charge in [-0.25, -0.2) is 5.01 Å². The Bertz CT molecular complexity index is 1290. The minimum Gasteiger partial charge on any atom is -0.493 e. The molecule has 0 aromatic heterocycles. The lowest BCUT2D eigenvalue weighted by atomic mass is 10.1. The van der Waals surface area contributed by atoms with Crippen LogP contribution >= 0.6 is 23.4 Å². The van der Waals surface area contributed by atoms with Gasteiger partial charge in [0.05, 0.1) is 27.1 Å². The second-order valence-electron chi connectivity index (χ2n) is 7.87. The van der Waals surface area contributed by atoms with Crippen molar-refractivity contribution in [2.24, 2.45) is 0 Å². The Balaban J connectivity index is 1.44. The number of benzene rings is 3. The predicted molar refractivity (Wildman–Crippen MR) is 141 cm³/mol. The van der Waals surface area contributed by atoms with Crippen LogP contribution in [0.3, 0.4) is 0 Å². The average Bonchev–Trinajstić information content (AvgIpc) is 3.28. The summed E-state index contributed by atoms with van der Waals surface area (Å²) in [4.78, 5) is 38.1. The number of hydrogen-bond acceptors (Lipinski definition) is 7. The molecule has 0 spiro atoms. The molecule has 0 bridgehead atoms. The fraction of sp³-hybridized carbons (Fsp3) is 0.192. The number of rotatable bonds is 8. The molecule has 0 radical (unpaired) electrons. The zero-order valence-corrected chi connectivity index (χ0v) is 21.8. The Morgan fingerprint density at radius 1 is 0.892 bits per heavy atom. The zero-order valence-electron chi connectivity index (χ0n) is 20.2. The first-order valence-corrected chi connectivity index (χ1v) is 12.5. The van der Waals surface area contributed by atoms with Crippen LogP contribution in [0.5, 0.6) is 17.2 Å². The summed E-state index contributed by atoms with van der Waals surface area (Å²) >= 11 is 7.38. The minimum absolute atomic E-state index is 0.201. The van der Waals surface area contributed by atoms with Crippen LogP contribution in [0.4, 0.5) is 5.69 Å². The zero-order chi connectivity index (χ0) is 26.5. The lowest BCUT2D eigenvalue weighted by Gasteiger charge is -2.24. The summed E-state index contributed by atoms with van der Waals surface area (Å²) in [5, 5.41) is 4.34. The van der Waals surface area contributed by atoms with Crippen molar-refractivity contribution in [3.8, 4) is 17.2 Å². The number of nitrogens with zero attached hydrogens (tertiary/aromatic N) is 1. The van der Waals surface area contributed by atoms with Gasteiger partial charge in [0.2, 0.25) is 5.75 Å². The molecule has 1 unspecified atom stereocenters. The van der Waals surface area contributed by atoms with Gasteiger partial charge < -0.3 is 19.5 Å². The Morgan fingerprint density at radius 2 is 1.51 bits per heavy atom. The van der Waals surface area contributed by atoms with Gasteiger partial charge in [-0.15, -0.1) is 11.8 Å². The van der Waals surface area contributed by atoms with Gasteiger partial charge >= 0.3 is 0 Å². The molecule has 3 aromatic rings. The molecule has 192 valence electrons. The third-order valence-corrected chi connectivity index (χ3v) is 7.04. The normalized spacial score (nSPS) is 14.8. The summed E-state index contributed by atoms with van der Waals surface area (Å²) in [5.74, 6) is 0.285. The fourth-order valence-corrected chi connectivity index (χ4v) is 4.95. The van der Waals surface area contributed by atoms with E-state index in [4.69, 9.17) is 25.8 Å². The lowest BCUT2D eigenvalue weighted by Crippen LogP contribution is -2.44. The number of carbonyl (C=O) groups is 3. The van der Waals surface area contributed by atoms with Crippen molar-refractivity contribution in [1.29, 1.82) is 0 Å². The van der Waals surface area contributed by atoms with Crippen LogP contribution in [0, 0.1) is 0 Å². The van der Waals surface area contributed by atoms with Gasteiger partial charge in [0, 0.05) is 21.8 Å². The molecule has 37 heavy (non-hydrogen) atoms.